The van der Waals surface area contributed by atoms with Crippen LogP contribution in [-0.2, 0) is 6.54 Å². The van der Waals surface area contributed by atoms with E-state index in [-0.39, 0.29) is 18.2 Å². The van der Waals surface area contributed by atoms with Gasteiger partial charge in [-0.25, -0.2) is 24.7 Å². The molecule has 0 atom stereocenters. The fraction of sp³-hybridized carbons (Fsp3) is 0.0769. The van der Waals surface area contributed by atoms with Crippen LogP contribution in [-0.4, -0.2) is 4.98 Å². The molecule has 2 rings (SSSR count). The Labute approximate surface area is 107 Å². The van der Waals surface area contributed by atoms with Gasteiger partial charge in [0.15, 0.2) is 17.5 Å². The molecule has 2 aromatic rings. The van der Waals surface area contributed by atoms with Crippen molar-refractivity contribution in [1.82, 2.24) is 4.98 Å². The Morgan fingerprint density at radius 1 is 1.11 bits per heavy atom. The summed E-state index contributed by atoms with van der Waals surface area (Å²) in [6.45, 7) is 6.66. The highest BCUT2D eigenvalue weighted by atomic mass is 19.2. The predicted molar refractivity (Wildman–Crippen MR) is 60.9 cm³/mol. The number of halogens is 3. The van der Waals surface area contributed by atoms with Crippen LogP contribution in [0, 0.1) is 24.0 Å². The molecule has 96 valence electrons. The molecule has 19 heavy (non-hydrogen) atoms. The van der Waals surface area contributed by atoms with Gasteiger partial charge in [0.2, 0.25) is 6.54 Å². The van der Waals surface area contributed by atoms with E-state index in [1.807, 2.05) is 0 Å². The third-order valence-corrected chi connectivity index (χ3v) is 2.23. The molecule has 0 aliphatic heterocycles. The molecule has 0 radical (unpaired) electrons. The summed E-state index contributed by atoms with van der Waals surface area (Å²) in [5.41, 5.74) is 0.408. The Hall–Kier alpha value is -2.55. The smallest absolute Gasteiger partial charge is 0.255 e. The summed E-state index contributed by atoms with van der Waals surface area (Å²) in [5, 5.41) is 0. The first-order valence-electron chi connectivity index (χ1n) is 5.20. The Morgan fingerprint density at radius 2 is 1.89 bits per heavy atom. The number of ether oxygens (including phenoxy) is 1. The number of hydrogen-bond acceptors (Lipinski definition) is 2. The summed E-state index contributed by atoms with van der Waals surface area (Å²) < 4.78 is 44.2. The molecule has 3 nitrogen and oxygen atoms in total. The van der Waals surface area contributed by atoms with E-state index in [4.69, 9.17) is 11.3 Å². The maximum atomic E-state index is 13.6. The standard InChI is InChI=1S/C13H7F3N2O/c1-17-6-8-4-12(16)13(18-7-8)19-9-2-3-10(14)11(15)5-9/h2-5,7H,6H2. The molecule has 0 fully saturated rings. The first-order valence-corrected chi connectivity index (χ1v) is 5.20. The van der Waals surface area contributed by atoms with Crippen molar-refractivity contribution in [3.05, 3.63) is 64.9 Å². The number of pyridine rings is 1. The lowest BCUT2D eigenvalue weighted by molar-refractivity contribution is 0.414. The van der Waals surface area contributed by atoms with Crippen LogP contribution >= 0.6 is 0 Å². The van der Waals surface area contributed by atoms with Gasteiger partial charge in [-0.15, -0.1) is 0 Å². The number of aromatic nitrogens is 1. The predicted octanol–water partition coefficient (Wildman–Crippen LogP) is 3.71. The van der Waals surface area contributed by atoms with Crippen molar-refractivity contribution < 1.29 is 17.9 Å². The van der Waals surface area contributed by atoms with E-state index in [9.17, 15) is 13.2 Å². The topological polar surface area (TPSA) is 26.5 Å². The van der Waals surface area contributed by atoms with Crippen LogP contribution in [0.15, 0.2) is 30.5 Å². The molecule has 6 heteroatoms. The molecule has 0 bridgehead atoms. The van der Waals surface area contributed by atoms with Gasteiger partial charge in [0, 0.05) is 12.3 Å². The van der Waals surface area contributed by atoms with Gasteiger partial charge < -0.3 is 9.58 Å². The van der Waals surface area contributed by atoms with E-state index < -0.39 is 17.5 Å². The van der Waals surface area contributed by atoms with Crippen LogP contribution in [0.4, 0.5) is 13.2 Å². The SMILES string of the molecule is [C-]#[N+]Cc1cnc(Oc2ccc(F)c(F)c2)c(F)c1. The monoisotopic (exact) mass is 264 g/mol. The Morgan fingerprint density at radius 3 is 2.53 bits per heavy atom. The van der Waals surface area contributed by atoms with E-state index >= 15 is 0 Å². The van der Waals surface area contributed by atoms with Crippen molar-refractivity contribution in [2.24, 2.45) is 0 Å². The third-order valence-electron chi connectivity index (χ3n) is 2.23. The second kappa shape index (κ2) is 5.40. The molecule has 0 saturated carbocycles. The van der Waals surface area contributed by atoms with E-state index in [0.29, 0.717) is 5.56 Å². The summed E-state index contributed by atoms with van der Waals surface area (Å²) in [4.78, 5) is 6.78. The normalized spacial score (nSPS) is 10.0. The van der Waals surface area contributed by atoms with Crippen LogP contribution in [0.3, 0.4) is 0 Å². The average molecular weight is 264 g/mol. The zero-order chi connectivity index (χ0) is 13.8. The van der Waals surface area contributed by atoms with Gasteiger partial charge in [0.1, 0.15) is 5.75 Å². The summed E-state index contributed by atoms with van der Waals surface area (Å²) in [5.74, 6) is -3.32. The van der Waals surface area contributed by atoms with Gasteiger partial charge in [0.05, 0.1) is 5.56 Å². The molecule has 0 amide bonds. The summed E-state index contributed by atoms with van der Waals surface area (Å²) in [6, 6.07) is 3.94. The molecule has 0 unspecified atom stereocenters. The average Bonchev–Trinajstić information content (AvgIpc) is 2.37. The quantitative estimate of drug-likeness (QED) is 0.790. The zero-order valence-corrected chi connectivity index (χ0v) is 9.53. The highest BCUT2D eigenvalue weighted by molar-refractivity contribution is 5.30. The summed E-state index contributed by atoms with van der Waals surface area (Å²) in [6.07, 6.45) is 1.29. The number of rotatable bonds is 3. The zero-order valence-electron chi connectivity index (χ0n) is 9.53. The molecule has 1 aromatic carbocycles. The van der Waals surface area contributed by atoms with Crippen LogP contribution in [0.5, 0.6) is 11.6 Å². The minimum atomic E-state index is -1.09. The first kappa shape index (κ1) is 12.9. The minimum Gasteiger partial charge on any atom is -0.436 e. The van der Waals surface area contributed by atoms with Crippen LogP contribution in [0.1, 0.15) is 5.56 Å². The van der Waals surface area contributed by atoms with E-state index in [1.54, 1.807) is 0 Å². The molecular weight excluding hydrogens is 257 g/mol. The highest BCUT2D eigenvalue weighted by Gasteiger charge is 2.10. The fourth-order valence-corrected chi connectivity index (χ4v) is 1.37. The van der Waals surface area contributed by atoms with E-state index in [2.05, 4.69) is 9.83 Å². The molecular formula is C13H7F3N2O. The van der Waals surface area contributed by atoms with Crippen molar-refractivity contribution in [2.45, 2.75) is 6.54 Å². The maximum Gasteiger partial charge on any atom is 0.255 e. The van der Waals surface area contributed by atoms with Gasteiger partial charge in [-0.3, -0.25) is 0 Å². The lowest BCUT2D eigenvalue weighted by Crippen LogP contribution is -1.95. The van der Waals surface area contributed by atoms with Gasteiger partial charge in [0.25, 0.3) is 5.88 Å². The molecule has 0 N–H and O–H groups in total. The maximum absolute atomic E-state index is 13.6. The van der Waals surface area contributed by atoms with Gasteiger partial charge in [-0.1, -0.05) is 0 Å². The Kier molecular flexibility index (Phi) is 3.66. The summed E-state index contributed by atoms with van der Waals surface area (Å²) in [7, 11) is 0. The second-order valence-electron chi connectivity index (χ2n) is 3.62. The number of nitrogens with zero attached hydrogens (tertiary/aromatic N) is 2. The van der Waals surface area contributed by atoms with Crippen LogP contribution in [0.2, 0.25) is 0 Å². The lowest BCUT2D eigenvalue weighted by atomic mass is 10.3. The second-order valence-corrected chi connectivity index (χ2v) is 3.62. The van der Waals surface area contributed by atoms with Gasteiger partial charge >= 0.3 is 0 Å². The first-order chi connectivity index (χ1) is 9.10. The minimum absolute atomic E-state index is 0.00930. The molecule has 0 saturated heterocycles. The third kappa shape index (κ3) is 3.01. The van der Waals surface area contributed by atoms with E-state index in [1.165, 1.54) is 6.20 Å². The molecule has 1 heterocycles. The fourth-order valence-electron chi connectivity index (χ4n) is 1.37. The van der Waals surface area contributed by atoms with Crippen molar-refractivity contribution in [2.75, 3.05) is 0 Å². The highest BCUT2D eigenvalue weighted by Crippen LogP contribution is 2.24. The molecule has 0 aliphatic carbocycles. The Balaban J connectivity index is 2.23. The van der Waals surface area contributed by atoms with Crippen molar-refractivity contribution in [3.63, 3.8) is 0 Å². The number of hydrogen-bond donors (Lipinski definition) is 0. The van der Waals surface area contributed by atoms with Gasteiger partial charge in [-0.2, -0.15) is 0 Å². The largest absolute Gasteiger partial charge is 0.436 e. The molecule has 0 spiro atoms. The van der Waals surface area contributed by atoms with Crippen LogP contribution < -0.4 is 4.74 Å². The van der Waals surface area contributed by atoms with Crippen molar-refractivity contribution in [1.29, 1.82) is 0 Å². The van der Waals surface area contributed by atoms with Crippen LogP contribution in [0.25, 0.3) is 4.85 Å². The number of benzene rings is 1. The van der Waals surface area contributed by atoms with Gasteiger partial charge in [-0.05, 0) is 18.2 Å². The molecule has 1 aromatic heterocycles. The van der Waals surface area contributed by atoms with Crippen molar-refractivity contribution in [3.8, 4) is 11.6 Å². The summed E-state index contributed by atoms with van der Waals surface area (Å²) >= 11 is 0. The van der Waals surface area contributed by atoms with E-state index in [0.717, 1.165) is 24.3 Å². The van der Waals surface area contributed by atoms with Crippen molar-refractivity contribution >= 4 is 0 Å². The molecule has 0 aliphatic rings. The lowest BCUT2D eigenvalue weighted by Gasteiger charge is -2.06. The Bertz CT molecular complexity index is 653.